The number of aliphatic hydroxyl groups excluding tert-OH is 19. The molecular formula is C59H97NO41S2. The monoisotopic (exact) mass is 1540 g/mol. The van der Waals surface area contributed by atoms with E-state index in [0.717, 1.165) is 23.5 Å². The third-order valence-corrected chi connectivity index (χ3v) is 20.9. The van der Waals surface area contributed by atoms with Crippen LogP contribution in [0.5, 0.6) is 0 Å². The maximum absolute atomic E-state index is 13.0. The Morgan fingerprint density at radius 3 is 0.845 bits per heavy atom. The first-order valence-electron chi connectivity index (χ1n) is 33.2. The van der Waals surface area contributed by atoms with Crippen LogP contribution in [-0.2, 0) is 95.0 Å². The van der Waals surface area contributed by atoms with Gasteiger partial charge in [0.1, 0.15) is 176 Å². The van der Waals surface area contributed by atoms with Crippen molar-refractivity contribution < 1.29 is 202 Å². The number of nitrogens with one attached hydrogen (secondary N) is 1. The minimum Gasteiger partial charge on any atom is -0.481 e. The van der Waals surface area contributed by atoms with Crippen LogP contribution in [0.4, 0.5) is 0 Å². The van der Waals surface area contributed by atoms with Crippen LogP contribution in [0.1, 0.15) is 26.2 Å². The van der Waals surface area contributed by atoms with Gasteiger partial charge in [-0.1, -0.05) is 0 Å². The molecule has 21 aliphatic heterocycles. The van der Waals surface area contributed by atoms with Gasteiger partial charge in [0.25, 0.3) is 0 Å². The van der Waals surface area contributed by atoms with Gasteiger partial charge in [0.05, 0.1) is 77.6 Å². The Hall–Kier alpha value is -2.46. The molecule has 22 N–H and O–H groups in total. The Balaban J connectivity index is 1.08. The van der Waals surface area contributed by atoms with Gasteiger partial charge >= 0.3 is 11.9 Å². The van der Waals surface area contributed by atoms with Crippen LogP contribution in [0.15, 0.2) is 0 Å². The molecule has 103 heavy (non-hydrogen) atoms. The largest absolute Gasteiger partial charge is 0.481 e. The third kappa shape index (κ3) is 21.0. The maximum atomic E-state index is 13.0. The van der Waals surface area contributed by atoms with E-state index in [-0.39, 0.29) is 62.3 Å². The molecule has 21 aliphatic rings. The number of ether oxygens (including phenoxy) is 16. The number of carbonyl (C=O) groups excluding carboxylic acids is 2. The summed E-state index contributed by atoms with van der Waals surface area (Å²) >= 11 is 1.66. The van der Waals surface area contributed by atoms with Crippen molar-refractivity contribution in [3.63, 3.8) is 0 Å². The summed E-state index contributed by atoms with van der Waals surface area (Å²) in [5.41, 5.74) is 0. The molecule has 0 aliphatic carbocycles. The average Bonchev–Trinajstić information content (AvgIpc) is 0.785. The molecule has 44 heteroatoms. The van der Waals surface area contributed by atoms with Crippen LogP contribution in [0, 0.1) is 5.92 Å². The number of hydrogen-bond acceptors (Lipinski definition) is 42. The van der Waals surface area contributed by atoms with Crippen molar-refractivity contribution in [2.24, 2.45) is 5.92 Å². The molecule has 21 saturated heterocycles. The fourth-order valence-corrected chi connectivity index (χ4v) is 15.0. The van der Waals surface area contributed by atoms with Crippen LogP contribution in [0.3, 0.4) is 0 Å². The lowest BCUT2D eigenvalue weighted by molar-refractivity contribution is -0.395. The summed E-state index contributed by atoms with van der Waals surface area (Å²) in [5.74, 6) is -6.08. The van der Waals surface area contributed by atoms with Crippen LogP contribution in [0.25, 0.3) is 0 Å². The van der Waals surface area contributed by atoms with Gasteiger partial charge in [-0.25, -0.2) is 0 Å². The smallest absolute Gasteiger partial charge is 0.321 e. The first kappa shape index (κ1) is 86.1. The molecule has 0 radical (unpaired) electrons. The van der Waals surface area contributed by atoms with E-state index in [0.29, 0.717) is 0 Å². The summed E-state index contributed by atoms with van der Waals surface area (Å²) in [7, 11) is 1.35. The van der Waals surface area contributed by atoms with Crippen LogP contribution < -0.4 is 5.32 Å². The Labute approximate surface area is 595 Å². The number of carboxylic acids is 2. The first-order chi connectivity index (χ1) is 49.0. The number of rotatable bonds is 27. The van der Waals surface area contributed by atoms with Crippen molar-refractivity contribution in [3.05, 3.63) is 0 Å². The SMILES string of the molecule is CN[C@H](CSCC1O[C@H]2O[C@@H]3C(CO)OC(O[C@@H]4C(CO)O[C@H](O[C@@H]5C(CO)O[C@@H](O[C@@H]6C(CSCC(CC(=O)CCOCCOCCC(C)=O)C(=O)O)O[C@H](O[C@@H]7C(CO)O[C@@H](O[C@@H]8C(CO)O[C@@H](O[C@H]1[C@H](O)C2O)C(O)[C@H]8O)C(O)[C@H]7O)C(O)[C@H]6O)C(O)[C@H]5O)C(O)[C@H]4O)[C@@H](O)[C@H]3O)C(=O)O. The summed E-state index contributed by atoms with van der Waals surface area (Å²) in [6.07, 6.45) is -73.1. The van der Waals surface area contributed by atoms with Crippen LogP contribution >= 0.6 is 23.5 Å². The van der Waals surface area contributed by atoms with Gasteiger partial charge in [0.2, 0.25) is 0 Å². The molecule has 14 bridgehead atoms. The Kier molecular flexibility index (Phi) is 33.4. The molecule has 0 aromatic carbocycles. The highest BCUT2D eigenvalue weighted by molar-refractivity contribution is 7.99. The Morgan fingerprint density at radius 2 is 0.602 bits per heavy atom. The second-order valence-electron chi connectivity index (χ2n) is 25.7. The number of aliphatic hydroxyl groups is 19. The number of likely N-dealkylation sites (N-methyl/N-ethyl adjacent to an activating group) is 1. The Bertz CT molecular complexity index is 2610. The van der Waals surface area contributed by atoms with E-state index >= 15 is 0 Å². The molecule has 21 heterocycles. The normalized spacial score (nSPS) is 44.9. The molecule has 0 aromatic rings. The van der Waals surface area contributed by atoms with E-state index in [9.17, 15) is 126 Å². The number of thioether (sulfide) groups is 2. The maximum Gasteiger partial charge on any atom is 0.321 e. The van der Waals surface area contributed by atoms with E-state index in [1.165, 1.54) is 14.0 Å². The quantitative estimate of drug-likeness (QED) is 0.0340. The van der Waals surface area contributed by atoms with E-state index in [4.69, 9.17) is 75.8 Å². The first-order valence-corrected chi connectivity index (χ1v) is 35.5. The number of Topliss-reactive ketones (excluding diaryl/α,β-unsaturated/α-hetero) is 2. The van der Waals surface area contributed by atoms with Gasteiger partial charge in [-0.05, 0) is 14.0 Å². The highest BCUT2D eigenvalue weighted by Gasteiger charge is 2.60. The summed E-state index contributed by atoms with van der Waals surface area (Å²) in [5, 5.41) is 239. The highest BCUT2D eigenvalue weighted by Crippen LogP contribution is 2.40. The van der Waals surface area contributed by atoms with Gasteiger partial charge < -0.3 is 188 Å². The Morgan fingerprint density at radius 1 is 0.350 bits per heavy atom. The molecular weight excluding hydrogens is 1440 g/mol. The molecule has 37 atom stereocenters. The van der Waals surface area contributed by atoms with Crippen molar-refractivity contribution >= 4 is 47.0 Å². The standard InChI is InChI=1S/C59H97NO41S2/c1-19(66)3-5-86-7-8-87-6-4-21(67)9-20(51(82)83)15-102-17-28-49-35(73)42(80)58(93-28)98-47-26(13-64)89-55(38(76)31(47)69)97-46-25(12-63)92-57(41(79)34(46)72)101-50-29(18-103-16-22(60-2)52(84)85)94-59(43(81)36(50)74)99-48-27(14-65)90-54(39(77)32(48)70)95-44-23(10-61)88-53(37(75)30(44)68)96-45-24(11-62)91-56(100-49)40(78)33(45)71/h20,22-50,53-65,68-81H,3-18H2,1-2H3,(H,82,83)(H,84,85)/t20?,22-,23?,24?,25?,26?,27?,28?,29?,30-,31-,32-,33-,34-,35-,36-,37?,38?,39+,40?,41?,42?,43?,44-,45-,46-,47-,48-,49-,50-,53-,54?,55+,56+,57+,58-,59+/m1/s1. The molecule has 0 amide bonds. The number of carboxylic acid groups (broad SMARTS) is 2. The van der Waals surface area contributed by atoms with Crippen molar-refractivity contribution in [2.45, 2.75) is 247 Å². The third-order valence-electron chi connectivity index (χ3n) is 18.6. The van der Waals surface area contributed by atoms with Gasteiger partial charge in [-0.15, -0.1) is 0 Å². The average molecular weight is 1540 g/mol. The molecule has 0 aromatic heterocycles. The number of ketones is 2. The molecule has 21 fully saturated rings. The molecule has 21 rings (SSSR count). The van der Waals surface area contributed by atoms with Crippen LogP contribution in [0.2, 0.25) is 0 Å². The lowest BCUT2D eigenvalue weighted by Crippen LogP contribution is -2.68. The van der Waals surface area contributed by atoms with Crippen LogP contribution in [-0.4, -0.2) is 441 Å². The van der Waals surface area contributed by atoms with Gasteiger partial charge in [-0.2, -0.15) is 23.5 Å². The van der Waals surface area contributed by atoms with Crippen molar-refractivity contribution in [1.29, 1.82) is 0 Å². The highest BCUT2D eigenvalue weighted by atomic mass is 32.2. The van der Waals surface area contributed by atoms with E-state index < -0.39 is 290 Å². The minimum absolute atomic E-state index is 0.0645. The van der Waals surface area contributed by atoms with E-state index in [1.807, 2.05) is 0 Å². The number of carbonyl (C=O) groups is 4. The lowest BCUT2D eigenvalue weighted by Gasteiger charge is -2.50. The number of hydrogen-bond donors (Lipinski definition) is 22. The zero-order valence-electron chi connectivity index (χ0n) is 55.5. The predicted molar refractivity (Wildman–Crippen MR) is 332 cm³/mol. The van der Waals surface area contributed by atoms with Gasteiger partial charge in [0.15, 0.2) is 44.0 Å². The van der Waals surface area contributed by atoms with Crippen molar-refractivity contribution in [3.8, 4) is 0 Å². The zero-order chi connectivity index (χ0) is 75.4. The molecule has 42 nitrogen and oxygen atoms in total. The summed E-state index contributed by atoms with van der Waals surface area (Å²) in [6, 6.07) is -1.18. The second kappa shape index (κ2) is 40.0. The molecule has 596 valence electrons. The summed E-state index contributed by atoms with van der Waals surface area (Å²) < 4.78 is 93.3. The number of aliphatic carboxylic acids is 2. The van der Waals surface area contributed by atoms with E-state index in [2.05, 4.69) is 5.32 Å². The zero-order valence-corrected chi connectivity index (χ0v) is 57.2. The fraction of sp³-hybridized carbons (Fsp3) is 0.932. The van der Waals surface area contributed by atoms with E-state index in [1.54, 1.807) is 0 Å². The predicted octanol–water partition coefficient (Wildman–Crippen LogP) is -13.0. The minimum atomic E-state index is -2.31. The summed E-state index contributed by atoms with van der Waals surface area (Å²) in [4.78, 5) is 48.7. The van der Waals surface area contributed by atoms with Crippen molar-refractivity contribution in [1.82, 2.24) is 5.32 Å². The summed E-state index contributed by atoms with van der Waals surface area (Å²) in [6.45, 7) is -3.91. The topological polar surface area (TPSA) is 653 Å². The molecule has 0 saturated carbocycles. The second-order valence-corrected chi connectivity index (χ2v) is 27.9. The fourth-order valence-electron chi connectivity index (χ4n) is 12.6. The molecule has 15 unspecified atom stereocenters. The molecule has 0 spiro atoms. The lowest BCUT2D eigenvalue weighted by atomic mass is 9.95. The van der Waals surface area contributed by atoms with Gasteiger partial charge in [0, 0.05) is 42.3 Å². The van der Waals surface area contributed by atoms with Gasteiger partial charge in [-0.3, -0.25) is 19.2 Å². The van der Waals surface area contributed by atoms with Crippen molar-refractivity contribution in [2.75, 3.05) is 89.5 Å².